The molecule has 0 amide bonds. The van der Waals surface area contributed by atoms with Crippen molar-refractivity contribution in [3.8, 4) is 0 Å². The van der Waals surface area contributed by atoms with E-state index < -0.39 is 0 Å². The highest BCUT2D eigenvalue weighted by Crippen LogP contribution is 2.59. The summed E-state index contributed by atoms with van der Waals surface area (Å²) in [7, 11) is 0. The number of rotatable bonds is 5. The summed E-state index contributed by atoms with van der Waals surface area (Å²) in [5, 5.41) is 24.9. The SMILES string of the molecule is CCC1=C[C@@H]2[C@H](C1)C[C@@]2(Cc1nn[nH]n1)C[N+](=O)[O-]. The summed E-state index contributed by atoms with van der Waals surface area (Å²) in [5.74, 6) is 1.48. The average Bonchev–Trinajstić information content (AvgIpc) is 2.95. The van der Waals surface area contributed by atoms with Crippen LogP contribution in [0.3, 0.4) is 0 Å². The van der Waals surface area contributed by atoms with E-state index in [9.17, 15) is 10.1 Å². The predicted octanol–water partition coefficient (Wildman–Crippen LogP) is 1.38. The topological polar surface area (TPSA) is 97.6 Å². The summed E-state index contributed by atoms with van der Waals surface area (Å²) < 4.78 is 0. The van der Waals surface area contributed by atoms with E-state index in [1.165, 1.54) is 5.57 Å². The standard InChI is InChI=1S/C12H17N5O2/c1-2-8-3-9-5-12(7-17(18)19,10(9)4-8)6-11-13-15-16-14-11/h4,9-10H,2-3,5-7H2,1H3,(H,13,14,15,16)/t9-,10-,12-/m1/s1. The number of aromatic amines is 1. The number of tetrazole rings is 1. The van der Waals surface area contributed by atoms with Crippen molar-refractivity contribution < 1.29 is 4.92 Å². The Bertz CT molecular complexity index is 512. The van der Waals surface area contributed by atoms with Crippen molar-refractivity contribution in [3.63, 3.8) is 0 Å². The van der Waals surface area contributed by atoms with Crippen LogP contribution in [0.25, 0.3) is 0 Å². The zero-order valence-electron chi connectivity index (χ0n) is 10.9. The van der Waals surface area contributed by atoms with E-state index in [0.29, 0.717) is 24.1 Å². The quantitative estimate of drug-likeness (QED) is 0.491. The Hall–Kier alpha value is -1.79. The van der Waals surface area contributed by atoms with Gasteiger partial charge >= 0.3 is 0 Å². The van der Waals surface area contributed by atoms with Crippen molar-refractivity contribution in [1.29, 1.82) is 0 Å². The maximum Gasteiger partial charge on any atom is 0.210 e. The fourth-order valence-electron chi connectivity index (χ4n) is 3.80. The molecule has 1 N–H and O–H groups in total. The molecule has 0 spiro atoms. The monoisotopic (exact) mass is 263 g/mol. The van der Waals surface area contributed by atoms with Gasteiger partial charge in [-0.2, -0.15) is 5.21 Å². The summed E-state index contributed by atoms with van der Waals surface area (Å²) in [5.41, 5.74) is 1.13. The summed E-state index contributed by atoms with van der Waals surface area (Å²) in [4.78, 5) is 10.8. The molecule has 0 unspecified atom stereocenters. The molecule has 0 saturated heterocycles. The molecule has 2 aliphatic carbocycles. The minimum Gasteiger partial charge on any atom is -0.265 e. The van der Waals surface area contributed by atoms with Gasteiger partial charge in [0.2, 0.25) is 6.54 Å². The first kappa shape index (κ1) is 12.3. The van der Waals surface area contributed by atoms with Gasteiger partial charge in [-0.3, -0.25) is 10.1 Å². The van der Waals surface area contributed by atoms with Gasteiger partial charge < -0.3 is 0 Å². The molecular formula is C12H17N5O2. The first-order valence-electron chi connectivity index (χ1n) is 6.66. The van der Waals surface area contributed by atoms with Crippen LogP contribution in [0, 0.1) is 27.4 Å². The lowest BCUT2D eigenvalue weighted by Crippen LogP contribution is -2.51. The molecular weight excluding hydrogens is 246 g/mol. The Morgan fingerprint density at radius 3 is 3.11 bits per heavy atom. The largest absolute Gasteiger partial charge is 0.265 e. The first-order chi connectivity index (χ1) is 9.13. The number of hydrogen-bond acceptors (Lipinski definition) is 5. The zero-order chi connectivity index (χ0) is 13.5. The molecule has 19 heavy (non-hydrogen) atoms. The van der Waals surface area contributed by atoms with E-state index >= 15 is 0 Å². The van der Waals surface area contributed by atoms with Crippen LogP contribution in [-0.2, 0) is 6.42 Å². The second-order valence-electron chi connectivity index (χ2n) is 5.73. The van der Waals surface area contributed by atoms with E-state index in [4.69, 9.17) is 0 Å². The Kier molecular flexibility index (Phi) is 2.83. The Morgan fingerprint density at radius 1 is 1.63 bits per heavy atom. The van der Waals surface area contributed by atoms with Crippen LogP contribution in [-0.4, -0.2) is 32.1 Å². The van der Waals surface area contributed by atoms with Crippen LogP contribution in [0.2, 0.25) is 0 Å². The third-order valence-electron chi connectivity index (χ3n) is 4.62. The highest BCUT2D eigenvalue weighted by atomic mass is 16.6. The molecule has 1 fully saturated rings. The highest BCUT2D eigenvalue weighted by Gasteiger charge is 2.58. The predicted molar refractivity (Wildman–Crippen MR) is 66.8 cm³/mol. The molecule has 3 rings (SSSR count). The molecule has 0 bridgehead atoms. The molecule has 0 aliphatic heterocycles. The molecule has 0 radical (unpaired) electrons. The molecule has 7 heteroatoms. The summed E-state index contributed by atoms with van der Waals surface area (Å²) >= 11 is 0. The van der Waals surface area contributed by atoms with Crippen LogP contribution in [0.15, 0.2) is 11.6 Å². The molecule has 102 valence electrons. The van der Waals surface area contributed by atoms with E-state index in [-0.39, 0.29) is 16.9 Å². The smallest absolute Gasteiger partial charge is 0.210 e. The van der Waals surface area contributed by atoms with Crippen molar-refractivity contribution in [2.24, 2.45) is 17.3 Å². The number of H-pyrrole nitrogens is 1. The van der Waals surface area contributed by atoms with Gasteiger partial charge in [0.05, 0.1) is 0 Å². The molecule has 1 aromatic heterocycles. The van der Waals surface area contributed by atoms with Crippen molar-refractivity contribution in [2.75, 3.05) is 6.54 Å². The van der Waals surface area contributed by atoms with Crippen LogP contribution < -0.4 is 0 Å². The maximum atomic E-state index is 11.0. The van der Waals surface area contributed by atoms with Gasteiger partial charge in [0.1, 0.15) is 0 Å². The van der Waals surface area contributed by atoms with Crippen LogP contribution >= 0.6 is 0 Å². The van der Waals surface area contributed by atoms with E-state index in [1.807, 2.05) is 0 Å². The maximum absolute atomic E-state index is 11.0. The van der Waals surface area contributed by atoms with Gasteiger partial charge in [-0.15, -0.1) is 10.2 Å². The minimum absolute atomic E-state index is 0.00377. The molecule has 1 saturated carbocycles. The van der Waals surface area contributed by atoms with E-state index in [0.717, 1.165) is 19.3 Å². The number of allylic oxidation sites excluding steroid dienone is 2. The van der Waals surface area contributed by atoms with E-state index in [2.05, 4.69) is 33.6 Å². The Balaban J connectivity index is 1.83. The second kappa shape index (κ2) is 4.40. The fraction of sp³-hybridized carbons (Fsp3) is 0.750. The lowest BCUT2D eigenvalue weighted by Gasteiger charge is -2.49. The Morgan fingerprint density at radius 2 is 2.47 bits per heavy atom. The summed E-state index contributed by atoms with van der Waals surface area (Å²) in [6, 6.07) is 0. The molecule has 1 heterocycles. The minimum atomic E-state index is -0.311. The molecule has 3 atom stereocenters. The Labute approximate surface area is 110 Å². The van der Waals surface area contributed by atoms with E-state index in [1.54, 1.807) is 0 Å². The van der Waals surface area contributed by atoms with Gasteiger partial charge in [-0.1, -0.05) is 23.8 Å². The lowest BCUT2D eigenvalue weighted by atomic mass is 9.53. The zero-order valence-corrected chi connectivity index (χ0v) is 10.9. The van der Waals surface area contributed by atoms with Gasteiger partial charge in [0, 0.05) is 16.8 Å². The van der Waals surface area contributed by atoms with Crippen molar-refractivity contribution in [2.45, 2.75) is 32.6 Å². The third kappa shape index (κ3) is 2.02. The van der Waals surface area contributed by atoms with Crippen molar-refractivity contribution in [3.05, 3.63) is 27.6 Å². The number of nitrogens with one attached hydrogen (secondary N) is 1. The first-order valence-corrected chi connectivity index (χ1v) is 6.66. The van der Waals surface area contributed by atoms with Crippen LogP contribution in [0.5, 0.6) is 0 Å². The van der Waals surface area contributed by atoms with Crippen LogP contribution in [0.1, 0.15) is 32.0 Å². The highest BCUT2D eigenvalue weighted by molar-refractivity contribution is 5.24. The number of nitro groups is 1. The second-order valence-corrected chi connectivity index (χ2v) is 5.73. The lowest BCUT2D eigenvalue weighted by molar-refractivity contribution is -0.506. The molecule has 1 aromatic rings. The molecule has 7 nitrogen and oxygen atoms in total. The number of fused-ring (bicyclic) bond motifs is 1. The van der Waals surface area contributed by atoms with Gasteiger partial charge in [-0.25, -0.2) is 0 Å². The number of nitrogens with zero attached hydrogens (tertiary/aromatic N) is 4. The molecule has 2 aliphatic rings. The molecule has 0 aromatic carbocycles. The van der Waals surface area contributed by atoms with Gasteiger partial charge in [0.15, 0.2) is 5.82 Å². The summed E-state index contributed by atoms with van der Waals surface area (Å²) in [6.07, 6.45) is 5.85. The van der Waals surface area contributed by atoms with Crippen LogP contribution in [0.4, 0.5) is 0 Å². The number of aromatic nitrogens is 4. The van der Waals surface area contributed by atoms with Crippen molar-refractivity contribution >= 4 is 0 Å². The van der Waals surface area contributed by atoms with Gasteiger partial charge in [-0.05, 0) is 31.1 Å². The van der Waals surface area contributed by atoms with Gasteiger partial charge in [0.25, 0.3) is 0 Å². The third-order valence-corrected chi connectivity index (χ3v) is 4.62. The summed E-state index contributed by atoms with van der Waals surface area (Å²) in [6.45, 7) is 2.14. The average molecular weight is 263 g/mol. The fourth-order valence-corrected chi connectivity index (χ4v) is 3.80. The number of hydrogen-bond donors (Lipinski definition) is 1. The normalized spacial score (nSPS) is 32.6. The van der Waals surface area contributed by atoms with Crippen molar-refractivity contribution in [1.82, 2.24) is 20.6 Å².